The second-order valence-corrected chi connectivity index (χ2v) is 9.11. The maximum atomic E-state index is 10.5. The maximum absolute atomic E-state index is 10.5. The van der Waals surface area contributed by atoms with Gasteiger partial charge in [-0.05, 0) is 36.4 Å². The number of hydrogen-bond acceptors (Lipinski definition) is 7. The molecule has 1 aliphatic rings. The van der Waals surface area contributed by atoms with Crippen LogP contribution in [0.4, 0.5) is 34.4 Å². The van der Waals surface area contributed by atoms with Crippen LogP contribution in [0.2, 0.25) is 0 Å². The van der Waals surface area contributed by atoms with Gasteiger partial charge in [0.1, 0.15) is 24.2 Å². The number of benzene rings is 2. The van der Waals surface area contributed by atoms with Crippen molar-refractivity contribution in [3.63, 3.8) is 0 Å². The largest absolute Gasteiger partial charge is 0.506 e. The lowest BCUT2D eigenvalue weighted by atomic mass is 10.2. The average molecular weight is 498 g/mol. The summed E-state index contributed by atoms with van der Waals surface area (Å²) in [5.74, 6) is 0.909. The van der Waals surface area contributed by atoms with E-state index in [1.165, 1.54) is 0 Å². The summed E-state index contributed by atoms with van der Waals surface area (Å²) in [4.78, 5) is 4.63. The van der Waals surface area contributed by atoms with Crippen LogP contribution >= 0.6 is 0 Å². The van der Waals surface area contributed by atoms with Crippen molar-refractivity contribution < 1.29 is 14.2 Å². The molecule has 5 rings (SSSR count). The Bertz CT molecular complexity index is 1400. The van der Waals surface area contributed by atoms with Crippen LogP contribution in [0.15, 0.2) is 99.8 Å². The summed E-state index contributed by atoms with van der Waals surface area (Å²) in [5.41, 5.74) is 4.15. The zero-order valence-electron chi connectivity index (χ0n) is 21.3. The summed E-state index contributed by atoms with van der Waals surface area (Å²) in [7, 11) is 5.84. The molecule has 0 aliphatic carbocycles. The van der Waals surface area contributed by atoms with Gasteiger partial charge in [-0.3, -0.25) is 0 Å². The molecule has 2 aromatic carbocycles. The van der Waals surface area contributed by atoms with E-state index in [9.17, 15) is 5.11 Å². The molecule has 0 spiro atoms. The van der Waals surface area contributed by atoms with E-state index in [-0.39, 0.29) is 5.75 Å². The number of phenols is 1. The third-order valence-electron chi connectivity index (χ3n) is 6.45. The van der Waals surface area contributed by atoms with Crippen molar-refractivity contribution in [2.24, 2.45) is 41.6 Å². The van der Waals surface area contributed by atoms with Gasteiger partial charge in [0.15, 0.2) is 12.4 Å². The molecule has 0 amide bonds. The Labute approximate surface area is 216 Å². The van der Waals surface area contributed by atoms with Crippen molar-refractivity contribution in [3.8, 4) is 5.75 Å². The van der Waals surface area contributed by atoms with E-state index in [0.717, 1.165) is 54.9 Å². The van der Waals surface area contributed by atoms with Gasteiger partial charge >= 0.3 is 5.95 Å². The number of hydrogen-bond donors (Lipinski definition) is 1. The van der Waals surface area contributed by atoms with E-state index in [2.05, 4.69) is 42.4 Å². The second-order valence-electron chi connectivity index (χ2n) is 9.11. The molecule has 0 saturated carbocycles. The lowest BCUT2D eigenvalue weighted by molar-refractivity contribution is -0.671. The van der Waals surface area contributed by atoms with Gasteiger partial charge in [0, 0.05) is 60.9 Å². The molecule has 37 heavy (non-hydrogen) atoms. The first-order valence-electron chi connectivity index (χ1n) is 12.2. The smallest absolute Gasteiger partial charge is 0.421 e. The van der Waals surface area contributed by atoms with Gasteiger partial charge in [0.2, 0.25) is 0 Å². The Balaban J connectivity index is 1.18. The fourth-order valence-electron chi connectivity index (χ4n) is 4.24. The lowest BCUT2D eigenvalue weighted by Crippen LogP contribution is -2.46. The van der Waals surface area contributed by atoms with Gasteiger partial charge in [-0.15, -0.1) is 10.2 Å². The minimum Gasteiger partial charge on any atom is -0.506 e. The Morgan fingerprint density at radius 3 is 1.92 bits per heavy atom. The van der Waals surface area contributed by atoms with Gasteiger partial charge < -0.3 is 14.9 Å². The zero-order chi connectivity index (χ0) is 25.8. The summed E-state index contributed by atoms with van der Waals surface area (Å²) >= 11 is 0. The number of anilines is 2. The van der Waals surface area contributed by atoms with Crippen molar-refractivity contribution in [1.82, 2.24) is 4.57 Å². The highest BCUT2D eigenvalue weighted by Gasteiger charge is 2.19. The molecule has 0 radical (unpaired) electrons. The molecule has 3 heterocycles. The van der Waals surface area contributed by atoms with Crippen LogP contribution in [0, 0.1) is 0 Å². The van der Waals surface area contributed by atoms with Crippen molar-refractivity contribution in [2.75, 3.05) is 36.0 Å². The van der Waals surface area contributed by atoms with Gasteiger partial charge in [-0.25, -0.2) is 13.7 Å². The predicted molar refractivity (Wildman–Crippen MR) is 142 cm³/mol. The fraction of sp³-hybridized carbons (Fsp3) is 0.259. The standard InChI is InChI=1S/C27H30N9O/c1-32-12-10-22(11-13-32)28-30-25-9-8-24(20-26(25)37)36-18-16-35(17-19-36)23-6-4-21(5-7-23)29-31-27-33(2)14-15-34(27)3/h4-15,20H,16-19H2,1-3H3/q+1/p+1. The molecule has 1 saturated heterocycles. The van der Waals surface area contributed by atoms with Gasteiger partial charge in [-0.1, -0.05) is 5.11 Å². The maximum Gasteiger partial charge on any atom is 0.421 e. The number of aromatic nitrogens is 3. The van der Waals surface area contributed by atoms with Crippen molar-refractivity contribution in [2.45, 2.75) is 0 Å². The number of pyridine rings is 1. The third kappa shape index (κ3) is 5.64. The number of phenolic OH excluding ortho intramolecular Hbond substituents is 1. The molecular formula is C27H31N9O+2. The summed E-state index contributed by atoms with van der Waals surface area (Å²) < 4.78 is 5.79. The summed E-state index contributed by atoms with van der Waals surface area (Å²) in [6.45, 7) is 3.47. The van der Waals surface area contributed by atoms with E-state index >= 15 is 0 Å². The predicted octanol–water partition coefficient (Wildman–Crippen LogP) is 4.54. The van der Waals surface area contributed by atoms with E-state index in [1.807, 2.05) is 96.0 Å². The van der Waals surface area contributed by atoms with Crippen molar-refractivity contribution in [1.29, 1.82) is 0 Å². The molecule has 188 valence electrons. The topological polar surface area (TPSA) is 88.8 Å². The van der Waals surface area contributed by atoms with E-state index in [4.69, 9.17) is 0 Å². The van der Waals surface area contributed by atoms with Crippen LogP contribution in [-0.2, 0) is 21.1 Å². The molecular weight excluding hydrogens is 466 g/mol. The average Bonchev–Trinajstić information content (AvgIpc) is 3.24. The summed E-state index contributed by atoms with van der Waals surface area (Å²) in [6.07, 6.45) is 7.71. The van der Waals surface area contributed by atoms with Crippen LogP contribution < -0.4 is 18.9 Å². The van der Waals surface area contributed by atoms with Crippen molar-refractivity contribution >= 4 is 34.4 Å². The van der Waals surface area contributed by atoms with E-state index in [1.54, 1.807) is 6.07 Å². The first kappa shape index (κ1) is 24.1. The Hall–Kier alpha value is -4.60. The number of azo groups is 2. The normalized spacial score (nSPS) is 14.2. The molecule has 4 aromatic rings. The molecule has 10 heteroatoms. The van der Waals surface area contributed by atoms with E-state index < -0.39 is 0 Å². The highest BCUT2D eigenvalue weighted by Crippen LogP contribution is 2.33. The first-order chi connectivity index (χ1) is 18.0. The second kappa shape index (κ2) is 10.6. The number of aromatic hydroxyl groups is 1. The number of aryl methyl sites for hydroxylation is 3. The molecule has 1 N–H and O–H groups in total. The van der Waals surface area contributed by atoms with Crippen LogP contribution in [0.1, 0.15) is 0 Å². The van der Waals surface area contributed by atoms with Crippen LogP contribution in [0.25, 0.3) is 0 Å². The summed E-state index contributed by atoms with van der Waals surface area (Å²) in [6, 6.07) is 17.5. The van der Waals surface area contributed by atoms with Crippen molar-refractivity contribution in [3.05, 3.63) is 79.4 Å². The molecule has 10 nitrogen and oxygen atoms in total. The quantitative estimate of drug-likeness (QED) is 0.313. The number of rotatable bonds is 6. The first-order valence-corrected chi connectivity index (χ1v) is 12.2. The number of piperazine rings is 1. The molecule has 0 unspecified atom stereocenters. The fourth-order valence-corrected chi connectivity index (χ4v) is 4.24. The number of imidazole rings is 1. The van der Waals surface area contributed by atoms with Crippen LogP contribution in [0.3, 0.4) is 0 Å². The molecule has 2 aromatic heterocycles. The molecule has 1 fully saturated rings. The lowest BCUT2D eigenvalue weighted by Gasteiger charge is -2.37. The monoisotopic (exact) mass is 497 g/mol. The Morgan fingerprint density at radius 1 is 0.703 bits per heavy atom. The minimum absolute atomic E-state index is 0.124. The van der Waals surface area contributed by atoms with Crippen LogP contribution in [-0.4, -0.2) is 35.9 Å². The van der Waals surface area contributed by atoms with Gasteiger partial charge in [-0.2, -0.15) is 0 Å². The highest BCUT2D eigenvalue weighted by molar-refractivity contribution is 5.62. The Kier molecular flexibility index (Phi) is 6.89. The highest BCUT2D eigenvalue weighted by atomic mass is 16.3. The summed E-state index contributed by atoms with van der Waals surface area (Å²) in [5, 5.41) is 27.7. The molecule has 0 bridgehead atoms. The zero-order valence-corrected chi connectivity index (χ0v) is 21.3. The molecule has 1 aliphatic heterocycles. The van der Waals surface area contributed by atoms with Crippen LogP contribution in [0.5, 0.6) is 5.75 Å². The van der Waals surface area contributed by atoms with Gasteiger partial charge in [0.25, 0.3) is 0 Å². The third-order valence-corrected chi connectivity index (χ3v) is 6.45. The minimum atomic E-state index is 0.124. The number of nitrogens with zero attached hydrogens (tertiary/aromatic N) is 9. The van der Waals surface area contributed by atoms with Gasteiger partial charge in [0.05, 0.1) is 32.2 Å². The Morgan fingerprint density at radius 2 is 1.30 bits per heavy atom. The molecule has 0 atom stereocenters. The van der Waals surface area contributed by atoms with E-state index in [0.29, 0.717) is 5.69 Å². The SMILES string of the molecule is Cn1cc[n+](C)c1N=Nc1ccc(N2CCN(c3ccc(N=Nc4cc[n+](C)cc4)c(O)c3)CC2)cc1.